The second-order valence-corrected chi connectivity index (χ2v) is 3.49. The highest BCUT2D eigenvalue weighted by molar-refractivity contribution is 6.32. The molecule has 1 aromatic carbocycles. The molecule has 0 aliphatic heterocycles. The van der Waals surface area contributed by atoms with Crippen LogP contribution in [0.1, 0.15) is 17.5 Å². The number of primary amides is 1. The predicted molar refractivity (Wildman–Crippen MR) is 60.2 cm³/mol. The number of nitrogens with two attached hydrogens (primary N) is 1. The molecule has 0 aromatic heterocycles. The summed E-state index contributed by atoms with van der Waals surface area (Å²) in [5.41, 5.74) is 6.53. The smallest absolute Gasteiger partial charge is 0.221 e. The number of benzene rings is 1. The van der Waals surface area contributed by atoms with Crippen molar-refractivity contribution in [2.45, 2.75) is 13.0 Å². The third-order valence-electron chi connectivity index (χ3n) is 1.86. The summed E-state index contributed by atoms with van der Waals surface area (Å²) >= 11 is 5.92. The minimum atomic E-state index is -0.388. The summed E-state index contributed by atoms with van der Waals surface area (Å²) in [5.74, 6) is -0.388. The lowest BCUT2D eigenvalue weighted by Gasteiger charge is -2.01. The van der Waals surface area contributed by atoms with Gasteiger partial charge in [-0.25, -0.2) is 0 Å². The van der Waals surface area contributed by atoms with Crippen LogP contribution in [0.5, 0.6) is 0 Å². The van der Waals surface area contributed by atoms with E-state index in [1.54, 1.807) is 30.4 Å². The summed E-state index contributed by atoms with van der Waals surface area (Å²) in [5, 5.41) is 9.50. The number of amides is 1. The maximum atomic E-state index is 10.5. The molecule has 0 aliphatic carbocycles. The Morgan fingerprint density at radius 3 is 2.87 bits per heavy atom. The summed E-state index contributed by atoms with van der Waals surface area (Å²) in [7, 11) is 0. The molecule has 0 heterocycles. The zero-order valence-corrected chi connectivity index (χ0v) is 8.87. The van der Waals surface area contributed by atoms with Crippen molar-refractivity contribution in [1.82, 2.24) is 0 Å². The van der Waals surface area contributed by atoms with Crippen LogP contribution >= 0.6 is 11.6 Å². The maximum absolute atomic E-state index is 10.5. The molecule has 0 unspecified atom stereocenters. The molecule has 3 N–H and O–H groups in total. The summed E-state index contributed by atoms with van der Waals surface area (Å²) in [4.78, 5) is 10.5. The topological polar surface area (TPSA) is 63.3 Å². The van der Waals surface area contributed by atoms with Gasteiger partial charge in [-0.3, -0.25) is 4.79 Å². The number of hydrogen-bond donors (Lipinski definition) is 2. The van der Waals surface area contributed by atoms with Crippen LogP contribution in [0.15, 0.2) is 24.3 Å². The van der Waals surface area contributed by atoms with E-state index in [0.717, 1.165) is 11.1 Å². The largest absolute Gasteiger partial charge is 0.392 e. The Morgan fingerprint density at radius 2 is 2.27 bits per heavy atom. The first kappa shape index (κ1) is 11.8. The first-order valence-electron chi connectivity index (χ1n) is 4.47. The van der Waals surface area contributed by atoms with Gasteiger partial charge in [0.1, 0.15) is 0 Å². The number of halogens is 1. The van der Waals surface area contributed by atoms with E-state index < -0.39 is 0 Å². The highest BCUT2D eigenvalue weighted by atomic mass is 35.5. The standard InChI is InChI=1S/C11H12ClNO2/c12-10-5-4-8(7-14)6-9(10)2-1-3-11(13)15/h1-2,4-6,14H,3,7H2,(H2,13,15). The quantitative estimate of drug-likeness (QED) is 0.820. The van der Waals surface area contributed by atoms with Crippen molar-refractivity contribution in [1.29, 1.82) is 0 Å². The minimum Gasteiger partial charge on any atom is -0.392 e. The summed E-state index contributed by atoms with van der Waals surface area (Å²) in [6.45, 7) is -0.0339. The molecule has 1 amide bonds. The van der Waals surface area contributed by atoms with E-state index >= 15 is 0 Å². The number of aliphatic hydroxyl groups is 1. The molecule has 1 aromatic rings. The molecule has 0 aliphatic rings. The van der Waals surface area contributed by atoms with E-state index in [9.17, 15) is 4.79 Å². The second kappa shape index (κ2) is 5.53. The summed E-state index contributed by atoms with van der Waals surface area (Å²) < 4.78 is 0. The Bertz CT molecular complexity index is 388. The Balaban J connectivity index is 2.83. The number of aliphatic hydroxyl groups excluding tert-OH is 1. The van der Waals surface area contributed by atoms with E-state index in [0.29, 0.717) is 5.02 Å². The van der Waals surface area contributed by atoms with Crippen LogP contribution in [0.3, 0.4) is 0 Å². The first-order chi connectivity index (χ1) is 7.13. The summed E-state index contributed by atoms with van der Waals surface area (Å²) in [6, 6.07) is 5.21. The third kappa shape index (κ3) is 3.73. The molecule has 0 fully saturated rings. The first-order valence-corrected chi connectivity index (χ1v) is 4.85. The zero-order chi connectivity index (χ0) is 11.3. The fraction of sp³-hybridized carbons (Fsp3) is 0.182. The van der Waals surface area contributed by atoms with E-state index in [1.165, 1.54) is 0 Å². The molecular formula is C11H12ClNO2. The molecule has 0 radical (unpaired) electrons. The van der Waals surface area contributed by atoms with Gasteiger partial charge >= 0.3 is 0 Å². The number of hydrogen-bond acceptors (Lipinski definition) is 2. The van der Waals surface area contributed by atoms with Gasteiger partial charge in [-0.15, -0.1) is 0 Å². The Kier molecular flexibility index (Phi) is 4.34. The van der Waals surface area contributed by atoms with Gasteiger partial charge in [0.25, 0.3) is 0 Å². The lowest BCUT2D eigenvalue weighted by atomic mass is 10.1. The molecular weight excluding hydrogens is 214 g/mol. The maximum Gasteiger partial charge on any atom is 0.221 e. The van der Waals surface area contributed by atoms with Crippen molar-refractivity contribution in [2.75, 3.05) is 0 Å². The van der Waals surface area contributed by atoms with Crippen LogP contribution in [0.4, 0.5) is 0 Å². The van der Waals surface area contributed by atoms with Gasteiger partial charge in [-0.1, -0.05) is 29.8 Å². The lowest BCUT2D eigenvalue weighted by molar-refractivity contribution is -0.117. The lowest BCUT2D eigenvalue weighted by Crippen LogP contribution is -2.07. The average Bonchev–Trinajstić information content (AvgIpc) is 2.20. The van der Waals surface area contributed by atoms with Crippen molar-refractivity contribution in [2.24, 2.45) is 5.73 Å². The molecule has 0 spiro atoms. The van der Waals surface area contributed by atoms with Crippen LogP contribution in [-0.4, -0.2) is 11.0 Å². The molecule has 0 saturated heterocycles. The van der Waals surface area contributed by atoms with Crippen LogP contribution in [0.25, 0.3) is 6.08 Å². The van der Waals surface area contributed by atoms with Crippen molar-refractivity contribution in [3.63, 3.8) is 0 Å². The van der Waals surface area contributed by atoms with Gasteiger partial charge in [0.05, 0.1) is 6.61 Å². The molecule has 0 bridgehead atoms. The van der Waals surface area contributed by atoms with E-state index in [-0.39, 0.29) is 18.9 Å². The van der Waals surface area contributed by atoms with Crippen molar-refractivity contribution in [3.8, 4) is 0 Å². The highest BCUT2D eigenvalue weighted by Crippen LogP contribution is 2.19. The molecule has 80 valence electrons. The second-order valence-electron chi connectivity index (χ2n) is 3.09. The Hall–Kier alpha value is -1.32. The van der Waals surface area contributed by atoms with Gasteiger partial charge in [-0.2, -0.15) is 0 Å². The Morgan fingerprint density at radius 1 is 1.53 bits per heavy atom. The van der Waals surface area contributed by atoms with Gasteiger partial charge in [0.2, 0.25) is 5.91 Å². The fourth-order valence-electron chi connectivity index (χ4n) is 1.12. The van der Waals surface area contributed by atoms with Crippen LogP contribution in [0, 0.1) is 0 Å². The molecule has 3 nitrogen and oxygen atoms in total. The van der Waals surface area contributed by atoms with Gasteiger partial charge in [-0.05, 0) is 23.3 Å². The SMILES string of the molecule is NC(=O)CC=Cc1cc(CO)ccc1Cl. The average molecular weight is 226 g/mol. The number of carbonyl (C=O) groups is 1. The predicted octanol–water partition coefficient (Wildman–Crippen LogP) is 1.72. The van der Waals surface area contributed by atoms with Crippen molar-refractivity contribution < 1.29 is 9.90 Å². The van der Waals surface area contributed by atoms with Gasteiger partial charge in [0.15, 0.2) is 0 Å². The normalized spacial score (nSPS) is 10.8. The molecule has 15 heavy (non-hydrogen) atoms. The van der Waals surface area contributed by atoms with Crippen LogP contribution < -0.4 is 5.73 Å². The highest BCUT2D eigenvalue weighted by Gasteiger charge is 1.98. The monoisotopic (exact) mass is 225 g/mol. The number of rotatable bonds is 4. The van der Waals surface area contributed by atoms with Crippen molar-refractivity contribution >= 4 is 23.6 Å². The minimum absolute atomic E-state index is 0.0339. The number of carbonyl (C=O) groups excluding carboxylic acids is 1. The van der Waals surface area contributed by atoms with E-state index in [4.69, 9.17) is 22.4 Å². The third-order valence-corrected chi connectivity index (χ3v) is 2.20. The molecule has 0 saturated carbocycles. The molecule has 0 atom stereocenters. The van der Waals surface area contributed by atoms with E-state index in [1.807, 2.05) is 0 Å². The molecule has 1 rings (SSSR count). The van der Waals surface area contributed by atoms with Crippen molar-refractivity contribution in [3.05, 3.63) is 40.4 Å². The fourth-order valence-corrected chi connectivity index (χ4v) is 1.30. The Labute approximate surface area is 93.2 Å². The van der Waals surface area contributed by atoms with Gasteiger partial charge in [0, 0.05) is 11.4 Å². The van der Waals surface area contributed by atoms with Gasteiger partial charge < -0.3 is 10.8 Å². The van der Waals surface area contributed by atoms with E-state index in [2.05, 4.69) is 0 Å². The molecule has 4 heteroatoms. The van der Waals surface area contributed by atoms with Crippen LogP contribution in [-0.2, 0) is 11.4 Å². The summed E-state index contributed by atoms with van der Waals surface area (Å²) in [6.07, 6.45) is 3.54. The zero-order valence-electron chi connectivity index (χ0n) is 8.11. The van der Waals surface area contributed by atoms with Crippen LogP contribution in [0.2, 0.25) is 5.02 Å².